The number of fused-ring (bicyclic) bond motifs is 1. The molecule has 0 fully saturated rings. The molecule has 0 aliphatic heterocycles. The Balaban J connectivity index is 0.000000206. The van der Waals surface area contributed by atoms with E-state index < -0.39 is 0 Å². The molecule has 0 saturated carbocycles. The van der Waals surface area contributed by atoms with Crippen LogP contribution in [0.3, 0.4) is 0 Å². The minimum absolute atomic E-state index is 0.661. The first-order valence-corrected chi connectivity index (χ1v) is 20.9. The highest BCUT2D eigenvalue weighted by Crippen LogP contribution is 2.35. The van der Waals surface area contributed by atoms with Gasteiger partial charge in [0.1, 0.15) is 5.01 Å². The Kier molecular flexibility index (Phi) is 15.8. The number of hydrogen-bond acceptors (Lipinski definition) is 5. The highest BCUT2D eigenvalue weighted by Gasteiger charge is 2.09. The number of carbonyl (C=O) groups is 1. The summed E-state index contributed by atoms with van der Waals surface area (Å²) < 4.78 is 5.09. The van der Waals surface area contributed by atoms with Gasteiger partial charge < -0.3 is 5.73 Å². The largest absolute Gasteiger partial charge is 0.398 e. The number of thiol groups is 1. The minimum atomic E-state index is 0.661. The number of nitrogens with two attached hydrogens (primary N) is 1. The normalized spacial score (nSPS) is 9.70. The van der Waals surface area contributed by atoms with Gasteiger partial charge in [-0.05, 0) is 60.7 Å². The van der Waals surface area contributed by atoms with E-state index in [2.05, 4.69) is 131 Å². The van der Waals surface area contributed by atoms with Crippen molar-refractivity contribution >= 4 is 147 Å². The number of anilines is 1. The van der Waals surface area contributed by atoms with Crippen LogP contribution in [0.15, 0.2) is 108 Å². The quantitative estimate of drug-likeness (QED) is 0.0802. The average Bonchev–Trinajstić information content (AvgIpc) is 3.35. The number of thiazole rings is 1. The van der Waals surface area contributed by atoms with E-state index in [0.29, 0.717) is 5.56 Å². The maximum absolute atomic E-state index is 10.3. The van der Waals surface area contributed by atoms with Gasteiger partial charge in [0.25, 0.3) is 0 Å². The van der Waals surface area contributed by atoms with Gasteiger partial charge in [0, 0.05) is 76.8 Å². The molecule has 5 rings (SSSR count). The van der Waals surface area contributed by atoms with Crippen LogP contribution in [0, 0.1) is 0 Å². The summed E-state index contributed by atoms with van der Waals surface area (Å²) in [5.74, 6) is 0. The number of halogens is 6. The summed E-state index contributed by atoms with van der Waals surface area (Å²) in [4.78, 5) is 15.8. The molecule has 192 valence electrons. The van der Waals surface area contributed by atoms with Crippen LogP contribution in [0.25, 0.3) is 20.8 Å². The van der Waals surface area contributed by atoms with Crippen LogP contribution in [0.4, 0.5) is 5.69 Å². The standard InChI is InChI=1S/C13H7Br2NS.C7H4Br2O.C6H7NS.I2/c14-8-5-6-10(15)9(7-8)13-16-11-3-1-2-4-12(11)17-13;8-6-1-2-7(9)5(3-6)4-10;7-5-3-1-2-4-6(5)8;1-2/h1-7H;1-4H;1-4,8H,7H2;. The molecule has 0 unspecified atom stereocenters. The second-order valence-corrected chi connectivity index (χ2v) is 12.0. The smallest absolute Gasteiger partial charge is 0.151 e. The number of rotatable bonds is 2. The van der Waals surface area contributed by atoms with Crippen LogP contribution >= 0.6 is 125 Å². The van der Waals surface area contributed by atoms with Crippen molar-refractivity contribution in [2.75, 3.05) is 5.73 Å². The van der Waals surface area contributed by atoms with Gasteiger partial charge in [-0.25, -0.2) is 4.98 Å². The number of aldehydes is 1. The summed E-state index contributed by atoms with van der Waals surface area (Å²) in [5.41, 5.74) is 9.02. The number of para-hydroxylation sites is 2. The lowest BCUT2D eigenvalue weighted by molar-refractivity contribution is 0.112. The summed E-state index contributed by atoms with van der Waals surface area (Å²) in [6.45, 7) is 0. The molecule has 0 aliphatic rings. The molecule has 37 heavy (non-hydrogen) atoms. The predicted molar refractivity (Wildman–Crippen MR) is 194 cm³/mol. The van der Waals surface area contributed by atoms with E-state index in [-0.39, 0.29) is 0 Å². The summed E-state index contributed by atoms with van der Waals surface area (Å²) in [6, 6.07) is 27.3. The van der Waals surface area contributed by atoms with E-state index in [4.69, 9.17) is 5.73 Å². The van der Waals surface area contributed by atoms with Crippen molar-refractivity contribution in [3.63, 3.8) is 0 Å². The molecule has 1 aromatic heterocycles. The fraction of sp³-hybridized carbons (Fsp3) is 0. The van der Waals surface area contributed by atoms with Gasteiger partial charge in [0.05, 0.1) is 10.2 Å². The molecule has 1 heterocycles. The zero-order valence-electron chi connectivity index (χ0n) is 18.7. The van der Waals surface area contributed by atoms with Crippen LogP contribution in [-0.2, 0) is 0 Å². The first kappa shape index (κ1) is 33.2. The SMILES string of the molecule is Brc1ccc(Br)c(-c2nc3ccccc3s2)c1.II.Nc1ccccc1S.O=Cc1cc(Br)ccc1Br. The zero-order valence-corrected chi connectivity index (χ0v) is 31.1. The van der Waals surface area contributed by atoms with Gasteiger partial charge >= 0.3 is 0 Å². The summed E-state index contributed by atoms with van der Waals surface area (Å²) in [6.07, 6.45) is 0.814. The summed E-state index contributed by atoms with van der Waals surface area (Å²) in [7, 11) is 0. The van der Waals surface area contributed by atoms with Gasteiger partial charge in [0.2, 0.25) is 0 Å². The molecule has 0 aliphatic carbocycles. The van der Waals surface area contributed by atoms with Crippen molar-refractivity contribution in [3.8, 4) is 10.6 Å². The molecule has 0 saturated heterocycles. The van der Waals surface area contributed by atoms with Crippen molar-refractivity contribution < 1.29 is 4.79 Å². The molecule has 0 atom stereocenters. The van der Waals surface area contributed by atoms with Crippen molar-refractivity contribution in [2.45, 2.75) is 4.90 Å². The third-order valence-corrected chi connectivity index (χ3v) is 8.35. The van der Waals surface area contributed by atoms with E-state index >= 15 is 0 Å². The molecule has 0 radical (unpaired) electrons. The molecule has 2 N–H and O–H groups in total. The van der Waals surface area contributed by atoms with Gasteiger partial charge in [0.15, 0.2) is 6.29 Å². The fourth-order valence-electron chi connectivity index (χ4n) is 2.74. The Morgan fingerprint density at radius 1 is 0.811 bits per heavy atom. The zero-order chi connectivity index (χ0) is 27.4. The topological polar surface area (TPSA) is 56.0 Å². The Morgan fingerprint density at radius 3 is 1.97 bits per heavy atom. The molecule has 4 aromatic carbocycles. The monoisotopic (exact) mass is 1010 g/mol. The maximum atomic E-state index is 10.3. The highest BCUT2D eigenvalue weighted by atomic mass is 128. The van der Waals surface area contributed by atoms with E-state index in [1.165, 1.54) is 4.70 Å². The highest BCUT2D eigenvalue weighted by molar-refractivity contribution is 15.0. The molecule has 0 spiro atoms. The molecule has 3 nitrogen and oxygen atoms in total. The van der Waals surface area contributed by atoms with Gasteiger partial charge in [-0.1, -0.05) is 88.0 Å². The average molecular weight is 1010 g/mol. The van der Waals surface area contributed by atoms with Crippen LogP contribution < -0.4 is 5.73 Å². The summed E-state index contributed by atoms with van der Waals surface area (Å²) >= 11 is 23.6. The van der Waals surface area contributed by atoms with Crippen molar-refractivity contribution in [3.05, 3.63) is 108 Å². The van der Waals surface area contributed by atoms with Gasteiger partial charge in [-0.15, -0.1) is 24.0 Å². The molecule has 0 amide bonds. The van der Waals surface area contributed by atoms with Gasteiger partial charge in [-0.3, -0.25) is 4.79 Å². The molecule has 11 heteroatoms. The number of nitrogens with zero attached hydrogens (tertiary/aromatic N) is 1. The van der Waals surface area contributed by atoms with Crippen LogP contribution in [0.5, 0.6) is 0 Å². The fourth-order valence-corrected chi connectivity index (χ4v) is 5.54. The third-order valence-electron chi connectivity index (χ3n) is 4.47. The lowest BCUT2D eigenvalue weighted by Gasteiger charge is -2.00. The molecule has 0 bridgehead atoms. The number of nitrogen functional groups attached to an aromatic ring is 1. The third kappa shape index (κ3) is 10.8. The number of aromatic nitrogens is 1. The van der Waals surface area contributed by atoms with Gasteiger partial charge in [-0.2, -0.15) is 0 Å². The lowest BCUT2D eigenvalue weighted by Crippen LogP contribution is -1.83. The molecule has 5 aromatic rings. The van der Waals surface area contributed by atoms with E-state index in [0.717, 1.165) is 50.8 Å². The predicted octanol–water partition coefficient (Wildman–Crippen LogP) is 11.8. The number of carbonyl (C=O) groups excluding carboxylic acids is 1. The van der Waals surface area contributed by atoms with Crippen molar-refractivity contribution in [1.29, 1.82) is 0 Å². The molecular weight excluding hydrogens is 994 g/mol. The Morgan fingerprint density at radius 2 is 1.41 bits per heavy atom. The van der Waals surface area contributed by atoms with Crippen molar-refractivity contribution in [2.24, 2.45) is 0 Å². The van der Waals surface area contributed by atoms with Crippen molar-refractivity contribution in [1.82, 2.24) is 4.98 Å². The van der Waals surface area contributed by atoms with Crippen LogP contribution in [0.1, 0.15) is 10.4 Å². The summed E-state index contributed by atoms with van der Waals surface area (Å²) in [5, 5.41) is 1.04. The first-order valence-electron chi connectivity index (χ1n) is 10.2. The number of benzene rings is 4. The second kappa shape index (κ2) is 17.6. The number of hydrogen-bond donors (Lipinski definition) is 2. The first-order chi connectivity index (χ1) is 17.8. The minimum Gasteiger partial charge on any atom is -0.398 e. The van der Waals surface area contributed by atoms with E-state index in [9.17, 15) is 4.79 Å². The Bertz CT molecular complexity index is 1410. The Hall–Kier alpha value is -0.0300. The second-order valence-electron chi connectivity index (χ2n) is 6.95. The Labute approximate surface area is 282 Å². The van der Waals surface area contributed by atoms with Crippen LogP contribution in [-0.4, -0.2) is 11.3 Å². The van der Waals surface area contributed by atoms with E-state index in [1.807, 2.05) is 66.7 Å². The van der Waals surface area contributed by atoms with E-state index in [1.54, 1.807) is 17.4 Å². The molecular formula is C26H18Br4I2N2OS2. The lowest BCUT2D eigenvalue weighted by atomic mass is 10.2. The van der Waals surface area contributed by atoms with Crippen LogP contribution in [0.2, 0.25) is 0 Å². The maximum Gasteiger partial charge on any atom is 0.151 e.